The number of nitrogens with one attached hydrogen (secondary N) is 1. The van der Waals surface area contributed by atoms with Crippen molar-refractivity contribution < 1.29 is 0 Å². The molecule has 5 N–H and O–H groups in total. The molecule has 3 aromatic rings. The monoisotopic (exact) mass is 367 g/mol. The zero-order valence-electron chi connectivity index (χ0n) is 14.5. The molecule has 1 aromatic carbocycles. The van der Waals surface area contributed by atoms with Crippen LogP contribution < -0.4 is 16.9 Å². The minimum absolute atomic E-state index is 0.0951. The Morgan fingerprint density at radius 2 is 2.04 bits per heavy atom. The van der Waals surface area contributed by atoms with Crippen LogP contribution in [0.1, 0.15) is 36.9 Å². The van der Waals surface area contributed by atoms with Crippen LogP contribution in [0.15, 0.2) is 47.1 Å². The third-order valence-corrected chi connectivity index (χ3v) is 5.29. The van der Waals surface area contributed by atoms with Crippen LogP contribution in [0, 0.1) is 0 Å². The second kappa shape index (κ2) is 6.89. The molecule has 1 saturated carbocycles. The van der Waals surface area contributed by atoms with Crippen molar-refractivity contribution in [3.05, 3.63) is 53.2 Å². The minimum atomic E-state index is 0.0951. The molecule has 134 valence electrons. The predicted octanol–water partition coefficient (Wildman–Crippen LogP) is 2.82. The Morgan fingerprint density at radius 3 is 2.77 bits per heavy atom. The van der Waals surface area contributed by atoms with Gasteiger partial charge in [0.15, 0.2) is 5.84 Å². The van der Waals surface area contributed by atoms with Crippen molar-refractivity contribution in [2.24, 2.45) is 16.7 Å². The van der Waals surface area contributed by atoms with E-state index >= 15 is 0 Å². The molecular formula is C18H21N7S. The Balaban J connectivity index is 1.48. The summed E-state index contributed by atoms with van der Waals surface area (Å²) in [6, 6.07) is 10.5. The third kappa shape index (κ3) is 3.47. The Hall–Kier alpha value is -2.71. The number of hydrogen-bond donors (Lipinski definition) is 3. The van der Waals surface area contributed by atoms with Gasteiger partial charge in [-0.15, -0.1) is 16.4 Å². The van der Waals surface area contributed by atoms with E-state index in [-0.39, 0.29) is 6.04 Å². The normalized spacial score (nSPS) is 15.8. The summed E-state index contributed by atoms with van der Waals surface area (Å²) in [5, 5.41) is 12.2. The molecule has 1 fully saturated rings. The summed E-state index contributed by atoms with van der Waals surface area (Å²) in [6.07, 6.45) is 3.75. The first-order valence-corrected chi connectivity index (χ1v) is 9.43. The molecule has 8 heteroatoms. The number of thiophene rings is 1. The van der Waals surface area contributed by atoms with Crippen molar-refractivity contribution in [1.82, 2.24) is 15.1 Å². The Labute approximate surface area is 155 Å². The van der Waals surface area contributed by atoms with Gasteiger partial charge in [0.05, 0.1) is 11.4 Å². The number of hydrazone groups is 1. The molecular weight excluding hydrogens is 346 g/mol. The average Bonchev–Trinajstić information content (AvgIpc) is 3.39. The lowest BCUT2D eigenvalue weighted by molar-refractivity contribution is 0.288. The van der Waals surface area contributed by atoms with Gasteiger partial charge in [0.2, 0.25) is 0 Å². The molecule has 7 nitrogen and oxygen atoms in total. The van der Waals surface area contributed by atoms with Crippen LogP contribution >= 0.6 is 11.3 Å². The molecule has 2 heterocycles. The highest BCUT2D eigenvalue weighted by molar-refractivity contribution is 7.16. The average molecular weight is 367 g/mol. The van der Waals surface area contributed by atoms with Crippen LogP contribution in [0.3, 0.4) is 0 Å². The zero-order chi connectivity index (χ0) is 18.1. The first kappa shape index (κ1) is 16.7. The van der Waals surface area contributed by atoms with Crippen molar-refractivity contribution >= 4 is 33.2 Å². The fraction of sp³-hybridized carbons (Fsp3) is 0.278. The number of aromatic nitrogens is 2. The van der Waals surface area contributed by atoms with E-state index < -0.39 is 0 Å². The molecule has 0 aliphatic heterocycles. The molecule has 1 aliphatic rings. The molecule has 2 aromatic heterocycles. The van der Waals surface area contributed by atoms with Crippen molar-refractivity contribution in [1.29, 1.82) is 0 Å². The van der Waals surface area contributed by atoms with Gasteiger partial charge in [0.25, 0.3) is 0 Å². The van der Waals surface area contributed by atoms with Crippen molar-refractivity contribution in [3.8, 4) is 0 Å². The molecule has 4 rings (SSSR count). The minimum Gasteiger partial charge on any atom is -0.382 e. The molecule has 0 spiro atoms. The van der Waals surface area contributed by atoms with Gasteiger partial charge in [0, 0.05) is 11.6 Å². The lowest BCUT2D eigenvalue weighted by Gasteiger charge is -2.16. The fourth-order valence-electron chi connectivity index (χ4n) is 2.74. The highest BCUT2D eigenvalue weighted by Crippen LogP contribution is 2.27. The van der Waals surface area contributed by atoms with E-state index in [4.69, 9.17) is 11.6 Å². The molecule has 0 saturated heterocycles. The van der Waals surface area contributed by atoms with Gasteiger partial charge in [-0.3, -0.25) is 0 Å². The van der Waals surface area contributed by atoms with E-state index in [0.29, 0.717) is 11.9 Å². The van der Waals surface area contributed by atoms with Crippen LogP contribution in [-0.4, -0.2) is 27.0 Å². The van der Waals surface area contributed by atoms with E-state index in [1.54, 1.807) is 17.7 Å². The highest BCUT2D eigenvalue weighted by Gasteiger charge is 2.26. The summed E-state index contributed by atoms with van der Waals surface area (Å²) in [5.74, 6) is 7.14. The van der Waals surface area contributed by atoms with Crippen LogP contribution in [0.4, 0.5) is 5.82 Å². The van der Waals surface area contributed by atoms with Gasteiger partial charge >= 0.3 is 0 Å². The van der Waals surface area contributed by atoms with Gasteiger partial charge in [0.1, 0.15) is 17.0 Å². The summed E-state index contributed by atoms with van der Waals surface area (Å²) in [7, 11) is 0. The predicted molar refractivity (Wildman–Crippen MR) is 106 cm³/mol. The molecule has 0 amide bonds. The second-order valence-electron chi connectivity index (χ2n) is 6.45. The molecule has 1 aliphatic carbocycles. The second-order valence-corrected chi connectivity index (χ2v) is 7.34. The first-order chi connectivity index (χ1) is 12.6. The number of hydrogen-bond acceptors (Lipinski definition) is 7. The summed E-state index contributed by atoms with van der Waals surface area (Å²) in [5.41, 5.74) is 8.05. The van der Waals surface area contributed by atoms with Crippen molar-refractivity contribution in [2.45, 2.75) is 31.8 Å². The standard InChI is InChI=1S/C18H21N7S/c1-11(23-17-15-8-9-26-18(15)22-10-21-17)12-2-4-13(5-3-12)16(19)24-25(20)14-6-7-14/h2-5,8-11,14H,6-7,20H2,1H3,(H2,19,24)(H,21,22,23). The van der Waals surface area contributed by atoms with Gasteiger partial charge in [-0.1, -0.05) is 24.3 Å². The third-order valence-electron chi connectivity index (χ3n) is 4.47. The lowest BCUT2D eigenvalue weighted by atomic mass is 10.1. The van der Waals surface area contributed by atoms with Gasteiger partial charge in [-0.05, 0) is 36.8 Å². The smallest absolute Gasteiger partial charge is 0.152 e. The van der Waals surface area contributed by atoms with E-state index in [2.05, 4.69) is 27.3 Å². The van der Waals surface area contributed by atoms with Gasteiger partial charge in [-0.25, -0.2) is 20.9 Å². The number of nitrogens with zero attached hydrogens (tertiary/aromatic N) is 4. The van der Waals surface area contributed by atoms with Crippen molar-refractivity contribution in [3.63, 3.8) is 0 Å². The quantitative estimate of drug-likeness (QED) is 0.268. The lowest BCUT2D eigenvalue weighted by Crippen LogP contribution is -2.31. The summed E-state index contributed by atoms with van der Waals surface area (Å²) >= 11 is 1.61. The van der Waals surface area contributed by atoms with E-state index in [0.717, 1.165) is 40.0 Å². The number of fused-ring (bicyclic) bond motifs is 1. The molecule has 0 radical (unpaired) electrons. The van der Waals surface area contributed by atoms with Gasteiger partial charge < -0.3 is 11.1 Å². The molecule has 0 bridgehead atoms. The van der Waals surface area contributed by atoms with Gasteiger partial charge in [-0.2, -0.15) is 0 Å². The summed E-state index contributed by atoms with van der Waals surface area (Å²) in [6.45, 7) is 2.10. The largest absolute Gasteiger partial charge is 0.382 e. The summed E-state index contributed by atoms with van der Waals surface area (Å²) in [4.78, 5) is 9.63. The fourth-order valence-corrected chi connectivity index (χ4v) is 3.47. The number of nitrogens with two attached hydrogens (primary N) is 2. The number of amidine groups is 1. The highest BCUT2D eigenvalue weighted by atomic mass is 32.1. The van der Waals surface area contributed by atoms with Crippen LogP contribution in [0.2, 0.25) is 0 Å². The Morgan fingerprint density at radius 1 is 1.27 bits per heavy atom. The Bertz CT molecular complexity index is 930. The Kier molecular flexibility index (Phi) is 4.44. The maximum atomic E-state index is 6.06. The molecule has 26 heavy (non-hydrogen) atoms. The zero-order valence-corrected chi connectivity index (χ0v) is 15.3. The summed E-state index contributed by atoms with van der Waals surface area (Å²) < 4.78 is 0. The first-order valence-electron chi connectivity index (χ1n) is 8.55. The van der Waals surface area contributed by atoms with E-state index in [1.807, 2.05) is 35.7 Å². The number of hydrazine groups is 1. The number of anilines is 1. The van der Waals surface area contributed by atoms with Crippen LogP contribution in [0.5, 0.6) is 0 Å². The van der Waals surface area contributed by atoms with Crippen LogP contribution in [-0.2, 0) is 0 Å². The van der Waals surface area contributed by atoms with Crippen LogP contribution in [0.25, 0.3) is 10.2 Å². The molecule has 1 atom stereocenters. The topological polar surface area (TPSA) is 105 Å². The number of rotatable bonds is 6. The maximum absolute atomic E-state index is 6.06. The maximum Gasteiger partial charge on any atom is 0.152 e. The SMILES string of the molecule is CC(Nc1ncnc2sccc12)c1ccc(/C(N)=N/N(N)C2CC2)cc1. The van der Waals surface area contributed by atoms with E-state index in [9.17, 15) is 0 Å². The molecule has 1 unspecified atom stereocenters. The van der Waals surface area contributed by atoms with E-state index in [1.165, 1.54) is 5.12 Å². The number of benzene rings is 1. The van der Waals surface area contributed by atoms with Crippen molar-refractivity contribution in [2.75, 3.05) is 5.32 Å².